The van der Waals surface area contributed by atoms with Crippen LogP contribution in [0.25, 0.3) is 5.69 Å². The van der Waals surface area contributed by atoms with E-state index in [2.05, 4.69) is 25.3 Å². The van der Waals surface area contributed by atoms with E-state index in [0.29, 0.717) is 11.8 Å². The predicted octanol–water partition coefficient (Wildman–Crippen LogP) is 2.69. The summed E-state index contributed by atoms with van der Waals surface area (Å²) >= 11 is 0. The highest BCUT2D eigenvalue weighted by atomic mass is 16.5. The fourth-order valence-electron chi connectivity index (χ4n) is 4.54. The van der Waals surface area contributed by atoms with Gasteiger partial charge in [-0.25, -0.2) is 4.68 Å². The average molecular weight is 413 g/mol. The van der Waals surface area contributed by atoms with Crippen molar-refractivity contribution in [2.24, 2.45) is 0 Å². The van der Waals surface area contributed by atoms with Gasteiger partial charge in [-0.3, -0.25) is 4.79 Å². The number of piperidine rings is 1. The molecule has 2 atom stereocenters. The van der Waals surface area contributed by atoms with Crippen LogP contribution in [-0.2, 0) is 4.79 Å². The lowest BCUT2D eigenvalue weighted by molar-refractivity contribution is -0.142. The van der Waals surface area contributed by atoms with E-state index in [1.165, 1.54) is 32.1 Å². The van der Waals surface area contributed by atoms with Gasteiger partial charge in [-0.2, -0.15) is 0 Å². The van der Waals surface area contributed by atoms with Crippen molar-refractivity contribution in [2.45, 2.75) is 64.0 Å². The summed E-state index contributed by atoms with van der Waals surface area (Å²) in [5.74, 6) is 0.771. The normalized spacial score (nSPS) is 21.8. The van der Waals surface area contributed by atoms with Crippen molar-refractivity contribution in [3.63, 3.8) is 0 Å². The topological polar surface area (TPSA) is 76.4 Å². The molecule has 162 valence electrons. The van der Waals surface area contributed by atoms with Crippen molar-refractivity contribution in [2.75, 3.05) is 26.2 Å². The second kappa shape index (κ2) is 10.0. The van der Waals surface area contributed by atoms with E-state index in [0.717, 1.165) is 44.7 Å². The van der Waals surface area contributed by atoms with E-state index in [9.17, 15) is 4.79 Å². The number of carbonyl (C=O) groups excluding carboxylic acids is 1. The van der Waals surface area contributed by atoms with Gasteiger partial charge in [0.2, 0.25) is 0 Å². The van der Waals surface area contributed by atoms with Gasteiger partial charge in [0.15, 0.2) is 6.10 Å². The summed E-state index contributed by atoms with van der Waals surface area (Å²) in [6.45, 7) is 6.02. The molecule has 2 aliphatic heterocycles. The Morgan fingerprint density at radius 2 is 1.80 bits per heavy atom. The third kappa shape index (κ3) is 5.16. The molecule has 2 aliphatic rings. The Morgan fingerprint density at radius 3 is 2.50 bits per heavy atom. The van der Waals surface area contributed by atoms with Crippen LogP contribution in [0.15, 0.2) is 30.6 Å². The smallest absolute Gasteiger partial charge is 0.263 e. The van der Waals surface area contributed by atoms with Crippen LogP contribution in [-0.4, -0.2) is 74.2 Å². The zero-order chi connectivity index (χ0) is 20.8. The fraction of sp³-hybridized carbons (Fsp3) is 0.636. The number of aromatic nitrogens is 4. The summed E-state index contributed by atoms with van der Waals surface area (Å²) in [5, 5.41) is 11.2. The van der Waals surface area contributed by atoms with E-state index < -0.39 is 6.10 Å². The Morgan fingerprint density at radius 1 is 1.07 bits per heavy atom. The molecule has 0 saturated carbocycles. The molecule has 4 rings (SSSR count). The second-order valence-corrected chi connectivity index (χ2v) is 8.40. The van der Waals surface area contributed by atoms with Gasteiger partial charge in [0.05, 0.1) is 5.69 Å². The number of likely N-dealkylation sites (tertiary alicyclic amines) is 2. The van der Waals surface area contributed by atoms with Gasteiger partial charge in [-0.1, -0.05) is 12.8 Å². The molecule has 0 N–H and O–H groups in total. The van der Waals surface area contributed by atoms with Crippen LogP contribution >= 0.6 is 0 Å². The molecule has 1 aromatic carbocycles. The molecule has 0 bridgehead atoms. The molecule has 1 amide bonds. The van der Waals surface area contributed by atoms with Crippen LogP contribution in [0.5, 0.6) is 5.75 Å². The summed E-state index contributed by atoms with van der Waals surface area (Å²) in [6, 6.07) is 7.77. The van der Waals surface area contributed by atoms with E-state index >= 15 is 0 Å². The first-order valence-corrected chi connectivity index (χ1v) is 11.2. The zero-order valence-corrected chi connectivity index (χ0v) is 17.8. The molecule has 1 aromatic heterocycles. The van der Waals surface area contributed by atoms with Crippen molar-refractivity contribution < 1.29 is 9.53 Å². The van der Waals surface area contributed by atoms with E-state index in [1.807, 2.05) is 31.2 Å². The van der Waals surface area contributed by atoms with Crippen LogP contribution in [0.4, 0.5) is 0 Å². The quantitative estimate of drug-likeness (QED) is 0.726. The Kier molecular flexibility index (Phi) is 6.94. The molecule has 2 aromatic rings. The maximum Gasteiger partial charge on any atom is 0.263 e. The first kappa shape index (κ1) is 20.8. The minimum absolute atomic E-state index is 0.0964. The number of carbonyl (C=O) groups is 1. The summed E-state index contributed by atoms with van der Waals surface area (Å²) in [5.41, 5.74) is 0.847. The third-order valence-corrected chi connectivity index (χ3v) is 6.19. The maximum absolute atomic E-state index is 13.2. The molecular weight excluding hydrogens is 380 g/mol. The first-order valence-electron chi connectivity index (χ1n) is 11.2. The molecule has 0 radical (unpaired) electrons. The highest BCUT2D eigenvalue weighted by Crippen LogP contribution is 2.22. The Balaban J connectivity index is 1.36. The maximum atomic E-state index is 13.2. The van der Waals surface area contributed by atoms with Crippen molar-refractivity contribution in [3.05, 3.63) is 30.6 Å². The van der Waals surface area contributed by atoms with E-state index in [1.54, 1.807) is 11.0 Å². The monoisotopic (exact) mass is 412 g/mol. The first-order chi connectivity index (χ1) is 14.7. The van der Waals surface area contributed by atoms with Crippen molar-refractivity contribution >= 4 is 5.91 Å². The van der Waals surface area contributed by atoms with Gasteiger partial charge >= 0.3 is 0 Å². The number of rotatable bonds is 6. The summed E-state index contributed by atoms with van der Waals surface area (Å²) in [4.78, 5) is 17.9. The number of nitrogens with zero attached hydrogens (tertiary/aromatic N) is 6. The molecule has 0 aliphatic carbocycles. The Hall–Kier alpha value is -2.48. The number of benzene rings is 1. The largest absolute Gasteiger partial charge is 0.481 e. The molecule has 2 unspecified atom stereocenters. The molecule has 30 heavy (non-hydrogen) atoms. The molecular formula is C22H32N6O2. The fourth-order valence-corrected chi connectivity index (χ4v) is 4.54. The highest BCUT2D eigenvalue weighted by Gasteiger charge is 2.31. The van der Waals surface area contributed by atoms with Crippen molar-refractivity contribution in [1.82, 2.24) is 30.0 Å². The van der Waals surface area contributed by atoms with Gasteiger partial charge in [-0.15, -0.1) is 5.10 Å². The minimum atomic E-state index is -0.506. The van der Waals surface area contributed by atoms with Crippen LogP contribution in [0.1, 0.15) is 51.9 Å². The number of amides is 1. The van der Waals surface area contributed by atoms with Gasteiger partial charge in [-0.05, 0) is 86.8 Å². The highest BCUT2D eigenvalue weighted by molar-refractivity contribution is 5.81. The molecule has 0 spiro atoms. The van der Waals surface area contributed by atoms with Crippen molar-refractivity contribution in [3.8, 4) is 11.4 Å². The van der Waals surface area contributed by atoms with Gasteiger partial charge < -0.3 is 14.5 Å². The molecule has 2 saturated heterocycles. The SMILES string of the molecule is CC(Oc1ccc(-n2cnnn2)cc1)C(=O)N1CCCCC1CN1CCCCCC1. The second-order valence-electron chi connectivity index (χ2n) is 8.40. The standard InChI is InChI=1S/C22H32N6O2/c1-18(30-21-11-9-19(10-12-21)28-17-23-24-25-28)22(29)27-15-7-4-8-20(27)16-26-13-5-2-3-6-14-26/h9-12,17-18,20H,2-8,13-16H2,1H3. The third-order valence-electron chi connectivity index (χ3n) is 6.19. The molecule has 8 nitrogen and oxygen atoms in total. The molecule has 2 fully saturated rings. The lowest BCUT2D eigenvalue weighted by Crippen LogP contribution is -2.53. The lowest BCUT2D eigenvalue weighted by Gasteiger charge is -2.39. The zero-order valence-electron chi connectivity index (χ0n) is 17.8. The number of hydrogen-bond acceptors (Lipinski definition) is 6. The van der Waals surface area contributed by atoms with Crippen molar-refractivity contribution in [1.29, 1.82) is 0 Å². The molecule has 8 heteroatoms. The summed E-state index contributed by atoms with van der Waals surface area (Å²) < 4.78 is 7.58. The minimum Gasteiger partial charge on any atom is -0.481 e. The number of hydrogen-bond donors (Lipinski definition) is 0. The number of tetrazole rings is 1. The van der Waals surface area contributed by atoms with Gasteiger partial charge in [0, 0.05) is 19.1 Å². The van der Waals surface area contributed by atoms with Crippen LogP contribution in [0, 0.1) is 0 Å². The van der Waals surface area contributed by atoms with Crippen LogP contribution in [0.2, 0.25) is 0 Å². The Labute approximate surface area is 178 Å². The molecule has 3 heterocycles. The predicted molar refractivity (Wildman–Crippen MR) is 114 cm³/mol. The van der Waals surface area contributed by atoms with E-state index in [-0.39, 0.29) is 5.91 Å². The van der Waals surface area contributed by atoms with Crippen LogP contribution < -0.4 is 4.74 Å². The number of ether oxygens (including phenoxy) is 1. The van der Waals surface area contributed by atoms with Gasteiger partial charge in [0.1, 0.15) is 12.1 Å². The Bertz CT molecular complexity index is 786. The summed E-state index contributed by atoms with van der Waals surface area (Å²) in [6.07, 6.45) is 9.64. The van der Waals surface area contributed by atoms with Crippen LogP contribution in [0.3, 0.4) is 0 Å². The van der Waals surface area contributed by atoms with Gasteiger partial charge in [0.25, 0.3) is 5.91 Å². The van der Waals surface area contributed by atoms with E-state index in [4.69, 9.17) is 4.74 Å². The summed E-state index contributed by atoms with van der Waals surface area (Å²) in [7, 11) is 0. The lowest BCUT2D eigenvalue weighted by atomic mass is 10.0. The average Bonchev–Trinajstić information content (AvgIpc) is 3.19.